The first kappa shape index (κ1) is 14.5. The molecule has 1 unspecified atom stereocenters. The Labute approximate surface area is 125 Å². The topological polar surface area (TPSA) is 66.5 Å². The first-order valence-corrected chi connectivity index (χ1v) is 9.17. The maximum Gasteiger partial charge on any atom is 0.240 e. The molecule has 1 N–H and O–H groups in total. The Morgan fingerprint density at radius 3 is 2.71 bits per heavy atom. The van der Waals surface area contributed by atoms with Crippen LogP contribution in [-0.2, 0) is 27.6 Å². The van der Waals surface area contributed by atoms with Crippen LogP contribution in [0, 0.1) is 0 Å². The van der Waals surface area contributed by atoms with E-state index in [1.165, 1.54) is 11.1 Å². The Balaban J connectivity index is 1.69. The molecule has 1 amide bonds. The molecular formula is C15H20N2O3S. The van der Waals surface area contributed by atoms with Gasteiger partial charge in [0, 0.05) is 19.6 Å². The normalized spacial score (nSPS) is 25.0. The molecule has 3 rings (SSSR count). The minimum absolute atomic E-state index is 0.0293. The minimum atomic E-state index is -2.98. The van der Waals surface area contributed by atoms with Crippen molar-refractivity contribution >= 4 is 15.7 Å². The van der Waals surface area contributed by atoms with Crippen LogP contribution in [0.4, 0.5) is 0 Å². The fourth-order valence-electron chi connectivity index (χ4n) is 3.01. The van der Waals surface area contributed by atoms with E-state index in [1.54, 1.807) is 4.90 Å². The second-order valence-corrected chi connectivity index (χ2v) is 8.04. The molecule has 1 aromatic carbocycles. The molecule has 114 valence electrons. The van der Waals surface area contributed by atoms with E-state index in [4.69, 9.17) is 0 Å². The Morgan fingerprint density at radius 2 is 1.90 bits per heavy atom. The van der Waals surface area contributed by atoms with E-state index in [-0.39, 0.29) is 23.5 Å². The highest BCUT2D eigenvalue weighted by Crippen LogP contribution is 2.18. The van der Waals surface area contributed by atoms with Gasteiger partial charge in [-0.25, -0.2) is 8.42 Å². The number of amides is 1. The quantitative estimate of drug-likeness (QED) is 0.813. The van der Waals surface area contributed by atoms with Gasteiger partial charge >= 0.3 is 0 Å². The first-order valence-electron chi connectivity index (χ1n) is 7.34. The van der Waals surface area contributed by atoms with Gasteiger partial charge in [0.1, 0.15) is 0 Å². The van der Waals surface area contributed by atoms with Gasteiger partial charge in [-0.05, 0) is 24.0 Å². The van der Waals surface area contributed by atoms with E-state index in [9.17, 15) is 13.2 Å². The van der Waals surface area contributed by atoms with Crippen molar-refractivity contribution in [3.63, 3.8) is 0 Å². The molecule has 1 saturated heterocycles. The molecule has 1 atom stereocenters. The fourth-order valence-corrected chi connectivity index (χ4v) is 4.28. The van der Waals surface area contributed by atoms with Crippen molar-refractivity contribution in [1.82, 2.24) is 10.2 Å². The van der Waals surface area contributed by atoms with Gasteiger partial charge < -0.3 is 10.2 Å². The zero-order valence-corrected chi connectivity index (χ0v) is 12.7. The van der Waals surface area contributed by atoms with Crippen molar-refractivity contribution < 1.29 is 13.2 Å². The highest BCUT2D eigenvalue weighted by Gasteiger charge is 2.30. The Hall–Kier alpha value is -1.40. The predicted octanol–water partition coefficient (Wildman–Crippen LogP) is 0.348. The van der Waals surface area contributed by atoms with Crippen LogP contribution in [0.25, 0.3) is 0 Å². The number of carbonyl (C=O) groups is 1. The van der Waals surface area contributed by atoms with Gasteiger partial charge in [-0.2, -0.15) is 0 Å². The summed E-state index contributed by atoms with van der Waals surface area (Å²) in [6, 6.07) is 7.89. The molecule has 0 aromatic heterocycles. The van der Waals surface area contributed by atoms with Crippen LogP contribution in [0.3, 0.4) is 0 Å². The molecule has 2 heterocycles. The molecule has 0 bridgehead atoms. The lowest BCUT2D eigenvalue weighted by Crippen LogP contribution is -2.50. The molecule has 0 aliphatic carbocycles. The number of sulfone groups is 1. The number of hydrogen-bond donors (Lipinski definition) is 1. The highest BCUT2D eigenvalue weighted by molar-refractivity contribution is 7.91. The van der Waals surface area contributed by atoms with Crippen molar-refractivity contribution in [3.05, 3.63) is 35.4 Å². The molecule has 5 nitrogen and oxygen atoms in total. The molecular weight excluding hydrogens is 288 g/mol. The zero-order chi connectivity index (χ0) is 14.9. The lowest BCUT2D eigenvalue weighted by molar-refractivity contribution is -0.133. The van der Waals surface area contributed by atoms with Crippen LogP contribution in [-0.4, -0.2) is 49.9 Å². The van der Waals surface area contributed by atoms with E-state index in [2.05, 4.69) is 17.4 Å². The summed E-state index contributed by atoms with van der Waals surface area (Å²) in [4.78, 5) is 14.3. The number of carbonyl (C=O) groups excluding carboxylic acids is 1. The van der Waals surface area contributed by atoms with E-state index in [0.717, 1.165) is 0 Å². The van der Waals surface area contributed by atoms with E-state index in [0.29, 0.717) is 32.5 Å². The van der Waals surface area contributed by atoms with Crippen LogP contribution in [0.1, 0.15) is 17.5 Å². The van der Waals surface area contributed by atoms with Gasteiger partial charge in [-0.15, -0.1) is 0 Å². The maximum atomic E-state index is 12.6. The summed E-state index contributed by atoms with van der Waals surface area (Å²) < 4.78 is 23.3. The third kappa shape index (κ3) is 3.27. The number of benzene rings is 1. The molecule has 2 aliphatic rings. The first-order chi connectivity index (χ1) is 10.1. The summed E-state index contributed by atoms with van der Waals surface area (Å²) in [6.45, 7) is 1.55. The second kappa shape index (κ2) is 5.77. The Bertz CT molecular complexity index is 642. The summed E-state index contributed by atoms with van der Waals surface area (Å²) in [7, 11) is -2.98. The molecule has 0 spiro atoms. The van der Waals surface area contributed by atoms with Crippen molar-refractivity contribution in [3.8, 4) is 0 Å². The fraction of sp³-hybridized carbons (Fsp3) is 0.533. The molecule has 2 aliphatic heterocycles. The van der Waals surface area contributed by atoms with E-state index >= 15 is 0 Å². The van der Waals surface area contributed by atoms with Crippen molar-refractivity contribution in [2.45, 2.75) is 25.4 Å². The largest absolute Gasteiger partial charge is 0.340 e. The molecule has 0 radical (unpaired) electrons. The highest BCUT2D eigenvalue weighted by atomic mass is 32.2. The second-order valence-electron chi connectivity index (χ2n) is 5.74. The summed E-state index contributed by atoms with van der Waals surface area (Å²) in [6.07, 6.45) is 1.22. The van der Waals surface area contributed by atoms with Gasteiger partial charge in [0.15, 0.2) is 9.84 Å². The monoisotopic (exact) mass is 308 g/mol. The summed E-state index contributed by atoms with van der Waals surface area (Å²) >= 11 is 0. The molecule has 0 saturated carbocycles. The Morgan fingerprint density at radius 1 is 1.14 bits per heavy atom. The smallest absolute Gasteiger partial charge is 0.240 e. The van der Waals surface area contributed by atoms with E-state index in [1.807, 2.05) is 12.1 Å². The van der Waals surface area contributed by atoms with Gasteiger partial charge in [0.2, 0.25) is 5.91 Å². The number of rotatable bonds is 1. The van der Waals surface area contributed by atoms with Crippen LogP contribution >= 0.6 is 0 Å². The van der Waals surface area contributed by atoms with Crippen LogP contribution < -0.4 is 5.32 Å². The van der Waals surface area contributed by atoms with Gasteiger partial charge in [0.05, 0.1) is 17.5 Å². The SMILES string of the molecule is O=C(C1Cc2ccccc2CN1)N1CCCS(=O)(=O)CC1. The molecule has 6 heteroatoms. The summed E-state index contributed by atoms with van der Waals surface area (Å²) in [5.74, 6) is 0.307. The average molecular weight is 308 g/mol. The molecule has 1 aromatic rings. The summed E-state index contributed by atoms with van der Waals surface area (Å²) in [5.41, 5.74) is 2.44. The number of nitrogens with one attached hydrogen (secondary N) is 1. The minimum Gasteiger partial charge on any atom is -0.340 e. The number of nitrogens with zero attached hydrogens (tertiary/aromatic N) is 1. The van der Waals surface area contributed by atoms with Crippen LogP contribution in [0.5, 0.6) is 0 Å². The van der Waals surface area contributed by atoms with Crippen LogP contribution in [0.2, 0.25) is 0 Å². The average Bonchev–Trinajstić information content (AvgIpc) is 2.67. The third-order valence-electron chi connectivity index (χ3n) is 4.25. The van der Waals surface area contributed by atoms with Gasteiger partial charge in [-0.1, -0.05) is 24.3 Å². The zero-order valence-electron chi connectivity index (χ0n) is 11.9. The summed E-state index contributed by atoms with van der Waals surface area (Å²) in [5, 5.41) is 3.27. The predicted molar refractivity (Wildman–Crippen MR) is 80.6 cm³/mol. The standard InChI is InChI=1S/C15H20N2O3S/c18-15(17-6-3-8-21(19,20)9-7-17)14-10-12-4-1-2-5-13(12)11-16-14/h1-2,4-5,14,16H,3,6-11H2. The maximum absolute atomic E-state index is 12.6. The molecule has 1 fully saturated rings. The van der Waals surface area contributed by atoms with Gasteiger partial charge in [-0.3, -0.25) is 4.79 Å². The van der Waals surface area contributed by atoms with Gasteiger partial charge in [0.25, 0.3) is 0 Å². The Kier molecular flexibility index (Phi) is 3.99. The number of hydrogen-bond acceptors (Lipinski definition) is 4. The number of fused-ring (bicyclic) bond motifs is 1. The molecule has 21 heavy (non-hydrogen) atoms. The lowest BCUT2D eigenvalue weighted by Gasteiger charge is -2.30. The van der Waals surface area contributed by atoms with E-state index < -0.39 is 9.84 Å². The van der Waals surface area contributed by atoms with Crippen LogP contribution in [0.15, 0.2) is 24.3 Å². The van der Waals surface area contributed by atoms with Crippen molar-refractivity contribution in [2.24, 2.45) is 0 Å². The van der Waals surface area contributed by atoms with Crippen molar-refractivity contribution in [1.29, 1.82) is 0 Å². The lowest BCUT2D eigenvalue weighted by atomic mass is 9.95. The van der Waals surface area contributed by atoms with Crippen molar-refractivity contribution in [2.75, 3.05) is 24.6 Å². The third-order valence-corrected chi connectivity index (χ3v) is 5.96.